The van der Waals surface area contributed by atoms with Crippen LogP contribution in [-0.2, 0) is 12.8 Å². The Labute approximate surface area is 178 Å². The van der Waals surface area contributed by atoms with Gasteiger partial charge in [-0.2, -0.15) is 0 Å². The molecule has 2 aromatic rings. The minimum absolute atomic E-state index is 0.196. The predicted molar refractivity (Wildman–Crippen MR) is 118 cm³/mol. The summed E-state index contributed by atoms with van der Waals surface area (Å²) in [7, 11) is 0. The molecule has 0 N–H and O–H groups in total. The number of rotatable bonds is 8. The van der Waals surface area contributed by atoms with Gasteiger partial charge in [-0.1, -0.05) is 44.0 Å². The van der Waals surface area contributed by atoms with Crippen molar-refractivity contribution >= 4 is 5.57 Å². The first-order valence-electron chi connectivity index (χ1n) is 11.0. The summed E-state index contributed by atoms with van der Waals surface area (Å²) < 4.78 is 41.7. The Kier molecular flexibility index (Phi) is 7.76. The highest BCUT2D eigenvalue weighted by atomic mass is 19.2. The Hall–Kier alpha value is -2.07. The third kappa shape index (κ3) is 5.34. The van der Waals surface area contributed by atoms with Gasteiger partial charge in [0.2, 0.25) is 0 Å². The summed E-state index contributed by atoms with van der Waals surface area (Å²) in [6.07, 6.45) is 8.44. The summed E-state index contributed by atoms with van der Waals surface area (Å²) in [6.45, 7) is 8.11. The first kappa shape index (κ1) is 22.6. The second kappa shape index (κ2) is 10.3. The van der Waals surface area contributed by atoms with Crippen molar-refractivity contribution in [3.05, 3.63) is 75.6 Å². The Balaban J connectivity index is 1.60. The van der Waals surface area contributed by atoms with Crippen molar-refractivity contribution in [2.24, 2.45) is 0 Å². The summed E-state index contributed by atoms with van der Waals surface area (Å²) in [5.74, 6) is -2.73. The molecule has 2 aromatic carbocycles. The standard InChI is InChI=1S/C26H32F3N/c1-4-5-6-7-22-16-20(9-8-18(22)2)10-13-30-14-11-21(12-15-30)23-17-24(27)26(29)19(3)25(23)28/h8-9,11,16-17H,4-7,10,12-15H2,1-3H3. The molecule has 1 nitrogen and oxygen atoms in total. The molecule has 1 heterocycles. The van der Waals surface area contributed by atoms with Gasteiger partial charge in [0, 0.05) is 30.8 Å². The summed E-state index contributed by atoms with van der Waals surface area (Å²) in [4.78, 5) is 2.32. The number of aryl methyl sites for hydroxylation is 2. The molecule has 0 saturated carbocycles. The van der Waals surface area contributed by atoms with Crippen LogP contribution in [0.1, 0.15) is 60.4 Å². The molecule has 4 heteroatoms. The zero-order chi connectivity index (χ0) is 21.7. The average Bonchev–Trinajstić information content (AvgIpc) is 2.75. The van der Waals surface area contributed by atoms with Gasteiger partial charge in [-0.15, -0.1) is 0 Å². The van der Waals surface area contributed by atoms with Gasteiger partial charge in [-0.05, 0) is 67.9 Å². The van der Waals surface area contributed by atoms with E-state index >= 15 is 0 Å². The van der Waals surface area contributed by atoms with E-state index in [4.69, 9.17) is 0 Å². The van der Waals surface area contributed by atoms with E-state index in [-0.39, 0.29) is 11.1 Å². The molecule has 0 amide bonds. The molecule has 0 atom stereocenters. The van der Waals surface area contributed by atoms with E-state index in [1.165, 1.54) is 42.9 Å². The quantitative estimate of drug-likeness (QED) is 0.339. The Bertz CT molecular complexity index is 917. The number of hydrogen-bond acceptors (Lipinski definition) is 1. The lowest BCUT2D eigenvalue weighted by Gasteiger charge is -2.27. The maximum Gasteiger partial charge on any atom is 0.164 e. The Morgan fingerprint density at radius 3 is 2.47 bits per heavy atom. The molecule has 0 spiro atoms. The van der Waals surface area contributed by atoms with Crippen molar-refractivity contribution in [2.45, 2.75) is 59.3 Å². The van der Waals surface area contributed by atoms with E-state index in [0.29, 0.717) is 13.0 Å². The van der Waals surface area contributed by atoms with E-state index in [2.05, 4.69) is 36.9 Å². The third-order valence-electron chi connectivity index (χ3n) is 6.19. The molecule has 0 radical (unpaired) electrons. The fourth-order valence-electron chi connectivity index (χ4n) is 4.13. The first-order chi connectivity index (χ1) is 14.4. The smallest absolute Gasteiger partial charge is 0.164 e. The zero-order valence-electron chi connectivity index (χ0n) is 18.3. The van der Waals surface area contributed by atoms with E-state index in [1.807, 2.05) is 6.08 Å². The van der Waals surface area contributed by atoms with Gasteiger partial charge in [0.1, 0.15) is 5.82 Å². The van der Waals surface area contributed by atoms with Crippen molar-refractivity contribution in [3.8, 4) is 0 Å². The highest BCUT2D eigenvalue weighted by molar-refractivity contribution is 5.68. The summed E-state index contributed by atoms with van der Waals surface area (Å²) in [6, 6.07) is 7.77. The maximum atomic E-state index is 14.4. The fraction of sp³-hybridized carbons (Fsp3) is 0.462. The molecule has 0 fully saturated rings. The minimum Gasteiger partial charge on any atom is -0.299 e. The summed E-state index contributed by atoms with van der Waals surface area (Å²) in [5.41, 5.74) is 4.88. The van der Waals surface area contributed by atoms with Gasteiger partial charge >= 0.3 is 0 Å². The Morgan fingerprint density at radius 2 is 1.77 bits per heavy atom. The molecule has 0 bridgehead atoms. The number of nitrogens with zero attached hydrogens (tertiary/aromatic N) is 1. The maximum absolute atomic E-state index is 14.4. The second-order valence-electron chi connectivity index (χ2n) is 8.41. The molecule has 0 aromatic heterocycles. The monoisotopic (exact) mass is 415 g/mol. The SMILES string of the molecule is CCCCCc1cc(CCN2CC=C(c3cc(F)c(F)c(C)c3F)CC2)ccc1C. The van der Waals surface area contributed by atoms with Crippen molar-refractivity contribution in [3.63, 3.8) is 0 Å². The Morgan fingerprint density at radius 1 is 0.967 bits per heavy atom. The number of unbranched alkanes of at least 4 members (excludes halogenated alkanes) is 2. The number of benzene rings is 2. The fourth-order valence-corrected chi connectivity index (χ4v) is 4.13. The molecule has 1 aliphatic heterocycles. The van der Waals surface area contributed by atoms with Crippen LogP contribution in [0.4, 0.5) is 13.2 Å². The van der Waals surface area contributed by atoms with Crippen LogP contribution in [0.3, 0.4) is 0 Å². The van der Waals surface area contributed by atoms with Gasteiger partial charge in [-0.25, -0.2) is 13.2 Å². The third-order valence-corrected chi connectivity index (χ3v) is 6.19. The second-order valence-corrected chi connectivity index (χ2v) is 8.41. The van der Waals surface area contributed by atoms with Crippen molar-refractivity contribution in [1.29, 1.82) is 0 Å². The van der Waals surface area contributed by atoms with Crippen molar-refractivity contribution in [2.75, 3.05) is 19.6 Å². The topological polar surface area (TPSA) is 3.24 Å². The van der Waals surface area contributed by atoms with E-state index in [1.54, 1.807) is 0 Å². The lowest BCUT2D eigenvalue weighted by atomic mass is 9.96. The zero-order valence-corrected chi connectivity index (χ0v) is 18.3. The van der Waals surface area contributed by atoms with Crippen LogP contribution in [0.2, 0.25) is 0 Å². The van der Waals surface area contributed by atoms with Gasteiger partial charge in [-0.3, -0.25) is 4.90 Å². The van der Waals surface area contributed by atoms with Crippen LogP contribution in [-0.4, -0.2) is 24.5 Å². The molecular formula is C26H32F3N. The van der Waals surface area contributed by atoms with Crippen LogP contribution in [0, 0.1) is 31.3 Å². The predicted octanol–water partition coefficient (Wildman–Crippen LogP) is 6.79. The van der Waals surface area contributed by atoms with Crippen LogP contribution in [0.25, 0.3) is 5.57 Å². The lowest BCUT2D eigenvalue weighted by molar-refractivity contribution is 0.305. The van der Waals surface area contributed by atoms with E-state index in [9.17, 15) is 13.2 Å². The van der Waals surface area contributed by atoms with Gasteiger partial charge in [0.25, 0.3) is 0 Å². The van der Waals surface area contributed by atoms with E-state index < -0.39 is 17.5 Å². The summed E-state index contributed by atoms with van der Waals surface area (Å²) in [5, 5.41) is 0. The number of halogens is 3. The average molecular weight is 416 g/mol. The number of hydrogen-bond donors (Lipinski definition) is 0. The van der Waals surface area contributed by atoms with E-state index in [0.717, 1.165) is 37.6 Å². The van der Waals surface area contributed by atoms with Gasteiger partial charge in [0.15, 0.2) is 11.6 Å². The van der Waals surface area contributed by atoms with Crippen LogP contribution in [0.15, 0.2) is 30.3 Å². The van der Waals surface area contributed by atoms with Crippen molar-refractivity contribution < 1.29 is 13.2 Å². The highest BCUT2D eigenvalue weighted by Crippen LogP contribution is 2.29. The van der Waals surface area contributed by atoms with Crippen molar-refractivity contribution in [1.82, 2.24) is 4.90 Å². The molecule has 3 rings (SSSR count). The summed E-state index contributed by atoms with van der Waals surface area (Å²) >= 11 is 0. The molecule has 162 valence electrons. The first-order valence-corrected chi connectivity index (χ1v) is 11.0. The van der Waals surface area contributed by atoms with Crippen LogP contribution >= 0.6 is 0 Å². The highest BCUT2D eigenvalue weighted by Gasteiger charge is 2.20. The van der Waals surface area contributed by atoms with Crippen LogP contribution < -0.4 is 0 Å². The molecule has 0 unspecified atom stereocenters. The lowest BCUT2D eigenvalue weighted by Crippen LogP contribution is -2.30. The van der Waals surface area contributed by atoms with Gasteiger partial charge in [0.05, 0.1) is 0 Å². The normalized spacial score (nSPS) is 14.8. The minimum atomic E-state index is -1.10. The molecule has 1 aliphatic rings. The largest absolute Gasteiger partial charge is 0.299 e. The molecule has 0 aliphatic carbocycles. The molecular weight excluding hydrogens is 383 g/mol. The van der Waals surface area contributed by atoms with Crippen LogP contribution in [0.5, 0.6) is 0 Å². The van der Waals surface area contributed by atoms with Gasteiger partial charge < -0.3 is 0 Å². The molecule has 0 saturated heterocycles. The molecule has 30 heavy (non-hydrogen) atoms.